The molecule has 3 rings (SSSR count). The Morgan fingerprint density at radius 1 is 1.18 bits per heavy atom. The molecular weight excluding hydrogens is 412 g/mol. The minimum atomic E-state index is -0.187. The second-order valence-corrected chi connectivity index (χ2v) is 10.4. The molecule has 6 nitrogen and oxygen atoms in total. The van der Waals surface area contributed by atoms with E-state index in [2.05, 4.69) is 26.1 Å². The first kappa shape index (κ1) is 25.0. The lowest BCUT2D eigenvalue weighted by molar-refractivity contribution is -0.135. The number of benzene rings is 1. The van der Waals surface area contributed by atoms with Gasteiger partial charge in [-0.1, -0.05) is 71.6 Å². The Morgan fingerprint density at radius 3 is 2.52 bits per heavy atom. The first-order valence-electron chi connectivity index (χ1n) is 12.4. The van der Waals surface area contributed by atoms with Gasteiger partial charge in [-0.25, -0.2) is 4.68 Å². The lowest BCUT2D eigenvalue weighted by Crippen LogP contribution is -2.38. The zero-order valence-corrected chi connectivity index (χ0v) is 21.0. The molecule has 0 radical (unpaired) electrons. The smallest absolute Gasteiger partial charge is 0.245 e. The fourth-order valence-corrected chi connectivity index (χ4v) is 4.52. The Bertz CT molecular complexity index is 951. The lowest BCUT2D eigenvalue weighted by Gasteiger charge is -2.22. The van der Waals surface area contributed by atoms with Crippen molar-refractivity contribution in [3.63, 3.8) is 0 Å². The summed E-state index contributed by atoms with van der Waals surface area (Å²) in [7, 11) is 0. The quantitative estimate of drug-likeness (QED) is 0.536. The highest BCUT2D eigenvalue weighted by atomic mass is 16.2. The normalized spacial score (nSPS) is 14.5. The van der Waals surface area contributed by atoms with E-state index in [1.807, 2.05) is 44.2 Å². The molecule has 1 N–H and O–H groups in total. The van der Waals surface area contributed by atoms with Crippen LogP contribution >= 0.6 is 0 Å². The van der Waals surface area contributed by atoms with E-state index in [9.17, 15) is 9.59 Å². The summed E-state index contributed by atoms with van der Waals surface area (Å²) < 4.78 is 1.81. The fourth-order valence-electron chi connectivity index (χ4n) is 4.52. The van der Waals surface area contributed by atoms with Crippen LogP contribution in [0.25, 0.3) is 5.69 Å². The van der Waals surface area contributed by atoms with Crippen LogP contribution in [-0.4, -0.2) is 39.6 Å². The van der Waals surface area contributed by atoms with Gasteiger partial charge in [0.1, 0.15) is 5.82 Å². The third-order valence-corrected chi connectivity index (χ3v) is 6.51. The van der Waals surface area contributed by atoms with Gasteiger partial charge in [0.2, 0.25) is 11.8 Å². The topological polar surface area (TPSA) is 67.2 Å². The molecule has 0 spiro atoms. The van der Waals surface area contributed by atoms with Gasteiger partial charge >= 0.3 is 0 Å². The summed E-state index contributed by atoms with van der Waals surface area (Å²) in [5.41, 5.74) is 2.75. The average molecular weight is 453 g/mol. The predicted molar refractivity (Wildman–Crippen MR) is 134 cm³/mol. The maximum atomic E-state index is 13.0. The Balaban J connectivity index is 1.74. The number of aryl methyl sites for hydroxylation is 1. The van der Waals surface area contributed by atoms with Crippen molar-refractivity contribution in [1.29, 1.82) is 0 Å². The van der Waals surface area contributed by atoms with E-state index in [-0.39, 0.29) is 23.8 Å². The summed E-state index contributed by atoms with van der Waals surface area (Å²) in [6.07, 6.45) is 7.35. The molecule has 2 amide bonds. The summed E-state index contributed by atoms with van der Waals surface area (Å²) in [5, 5.41) is 7.85. The van der Waals surface area contributed by atoms with Crippen LogP contribution in [0.3, 0.4) is 0 Å². The van der Waals surface area contributed by atoms with Crippen LogP contribution in [0.15, 0.2) is 30.3 Å². The standard InChI is InChI=1S/C27H40N4O2/c1-6-17-30(26(33)16-15-21-12-8-9-13-21)19-25(32)28-24-18-23(27(3,4)5)29-31(24)22-14-10-7-11-20(22)2/h7,10-11,14,18,21H,6,8-9,12-13,15-17,19H2,1-5H3,(H,28,32). The molecule has 6 heteroatoms. The van der Waals surface area contributed by atoms with Gasteiger partial charge in [0.15, 0.2) is 0 Å². The van der Waals surface area contributed by atoms with E-state index in [0.29, 0.717) is 24.7 Å². The van der Waals surface area contributed by atoms with Crippen molar-refractivity contribution >= 4 is 17.6 Å². The van der Waals surface area contributed by atoms with Gasteiger partial charge in [0, 0.05) is 24.4 Å². The highest BCUT2D eigenvalue weighted by molar-refractivity contribution is 5.94. The van der Waals surface area contributed by atoms with Crippen molar-refractivity contribution < 1.29 is 9.59 Å². The molecule has 2 aromatic rings. The molecule has 1 aromatic carbocycles. The Kier molecular flexibility index (Phi) is 8.33. The molecule has 1 aliphatic carbocycles. The van der Waals surface area contributed by atoms with Crippen LogP contribution < -0.4 is 5.32 Å². The molecule has 1 aromatic heterocycles. The maximum absolute atomic E-state index is 13.0. The van der Waals surface area contributed by atoms with Crippen LogP contribution in [0.4, 0.5) is 5.82 Å². The average Bonchev–Trinajstić information content (AvgIpc) is 3.42. The number of amides is 2. The molecule has 1 aliphatic rings. The number of para-hydroxylation sites is 1. The number of hydrogen-bond acceptors (Lipinski definition) is 3. The number of rotatable bonds is 9. The molecule has 0 atom stereocenters. The first-order valence-corrected chi connectivity index (χ1v) is 12.4. The third kappa shape index (κ3) is 6.68. The van der Waals surface area contributed by atoms with E-state index < -0.39 is 0 Å². The number of carbonyl (C=O) groups is 2. The predicted octanol–water partition coefficient (Wildman–Crippen LogP) is 5.63. The number of nitrogens with zero attached hydrogens (tertiary/aromatic N) is 3. The van der Waals surface area contributed by atoms with E-state index in [1.165, 1.54) is 25.7 Å². The second-order valence-electron chi connectivity index (χ2n) is 10.4. The molecule has 0 bridgehead atoms. The van der Waals surface area contributed by atoms with Crippen LogP contribution in [0.1, 0.15) is 83.9 Å². The Hall–Kier alpha value is -2.63. The van der Waals surface area contributed by atoms with Crippen LogP contribution in [0.5, 0.6) is 0 Å². The van der Waals surface area contributed by atoms with Crippen molar-refractivity contribution in [3.8, 4) is 5.69 Å². The van der Waals surface area contributed by atoms with Crippen LogP contribution in [0, 0.1) is 12.8 Å². The highest BCUT2D eigenvalue weighted by Gasteiger charge is 2.24. The Morgan fingerprint density at radius 2 is 1.88 bits per heavy atom. The summed E-state index contributed by atoms with van der Waals surface area (Å²) in [6.45, 7) is 11.1. The zero-order valence-electron chi connectivity index (χ0n) is 21.0. The number of aromatic nitrogens is 2. The number of anilines is 1. The number of nitrogens with one attached hydrogen (secondary N) is 1. The van der Waals surface area contributed by atoms with Gasteiger partial charge in [0.05, 0.1) is 17.9 Å². The van der Waals surface area contributed by atoms with Crippen molar-refractivity contribution in [3.05, 3.63) is 41.6 Å². The summed E-state index contributed by atoms with van der Waals surface area (Å²) in [5.74, 6) is 1.20. The largest absolute Gasteiger partial charge is 0.333 e. The van der Waals surface area contributed by atoms with Gasteiger partial charge < -0.3 is 10.2 Å². The lowest BCUT2D eigenvalue weighted by atomic mass is 9.92. The van der Waals surface area contributed by atoms with Crippen molar-refractivity contribution in [1.82, 2.24) is 14.7 Å². The molecule has 180 valence electrons. The monoisotopic (exact) mass is 452 g/mol. The highest BCUT2D eigenvalue weighted by Crippen LogP contribution is 2.29. The van der Waals surface area contributed by atoms with Gasteiger partial charge in [-0.15, -0.1) is 0 Å². The van der Waals surface area contributed by atoms with Gasteiger partial charge in [-0.2, -0.15) is 5.10 Å². The fraction of sp³-hybridized carbons (Fsp3) is 0.593. The SMILES string of the molecule is CCCN(CC(=O)Nc1cc(C(C)(C)C)nn1-c1ccccc1C)C(=O)CCC1CCCC1. The maximum Gasteiger partial charge on any atom is 0.245 e. The van der Waals surface area contributed by atoms with Gasteiger partial charge in [-0.3, -0.25) is 9.59 Å². The van der Waals surface area contributed by atoms with Crippen LogP contribution in [0.2, 0.25) is 0 Å². The number of carbonyl (C=O) groups excluding carboxylic acids is 2. The third-order valence-electron chi connectivity index (χ3n) is 6.51. The van der Waals surface area contributed by atoms with Gasteiger partial charge in [-0.05, 0) is 37.3 Å². The molecular formula is C27H40N4O2. The van der Waals surface area contributed by atoms with E-state index in [0.717, 1.165) is 29.8 Å². The van der Waals surface area contributed by atoms with E-state index in [4.69, 9.17) is 5.10 Å². The zero-order chi connectivity index (χ0) is 24.0. The second kappa shape index (κ2) is 11.0. The van der Waals surface area contributed by atoms with Gasteiger partial charge in [0.25, 0.3) is 0 Å². The number of hydrogen-bond donors (Lipinski definition) is 1. The molecule has 1 fully saturated rings. The molecule has 33 heavy (non-hydrogen) atoms. The van der Waals surface area contributed by atoms with Crippen molar-refractivity contribution in [2.75, 3.05) is 18.4 Å². The molecule has 0 saturated heterocycles. The Labute approximate surface area is 198 Å². The van der Waals surface area contributed by atoms with Crippen molar-refractivity contribution in [2.45, 2.75) is 85.0 Å². The van der Waals surface area contributed by atoms with Crippen LogP contribution in [-0.2, 0) is 15.0 Å². The molecule has 0 aliphatic heterocycles. The summed E-state index contributed by atoms with van der Waals surface area (Å²) in [6, 6.07) is 9.94. The summed E-state index contributed by atoms with van der Waals surface area (Å²) in [4.78, 5) is 27.6. The first-order chi connectivity index (χ1) is 15.7. The molecule has 1 heterocycles. The van der Waals surface area contributed by atoms with E-state index in [1.54, 1.807) is 9.58 Å². The van der Waals surface area contributed by atoms with Crippen molar-refractivity contribution in [2.24, 2.45) is 5.92 Å². The summed E-state index contributed by atoms with van der Waals surface area (Å²) >= 11 is 0. The minimum absolute atomic E-state index is 0.0706. The van der Waals surface area contributed by atoms with E-state index >= 15 is 0 Å². The molecule has 0 unspecified atom stereocenters. The minimum Gasteiger partial charge on any atom is -0.333 e. The molecule has 1 saturated carbocycles.